The van der Waals surface area contributed by atoms with Gasteiger partial charge in [-0.2, -0.15) is 5.10 Å². The molecule has 4 rings (SSSR count). The van der Waals surface area contributed by atoms with E-state index in [2.05, 4.69) is 20.7 Å². The Kier molecular flexibility index (Phi) is 4.72. The van der Waals surface area contributed by atoms with Crippen LogP contribution in [0.25, 0.3) is 16.9 Å². The van der Waals surface area contributed by atoms with Crippen LogP contribution in [0.1, 0.15) is 37.0 Å². The molecule has 8 heteroatoms. The third kappa shape index (κ3) is 4.10. The van der Waals surface area contributed by atoms with Gasteiger partial charge in [-0.05, 0) is 38.8 Å². The van der Waals surface area contributed by atoms with Crippen LogP contribution in [-0.4, -0.2) is 43.8 Å². The lowest BCUT2D eigenvalue weighted by Crippen LogP contribution is -2.29. The van der Waals surface area contributed by atoms with Crippen LogP contribution in [0.5, 0.6) is 0 Å². The minimum absolute atomic E-state index is 0.0496. The van der Waals surface area contributed by atoms with Crippen molar-refractivity contribution >= 4 is 28.8 Å². The van der Waals surface area contributed by atoms with Crippen LogP contribution in [0.4, 0.5) is 5.69 Å². The van der Waals surface area contributed by atoms with E-state index in [-0.39, 0.29) is 5.91 Å². The maximum absolute atomic E-state index is 12.2. The first kappa shape index (κ1) is 18.7. The Morgan fingerprint density at radius 1 is 1.32 bits per heavy atom. The van der Waals surface area contributed by atoms with Gasteiger partial charge in [-0.3, -0.25) is 4.79 Å². The van der Waals surface area contributed by atoms with Gasteiger partial charge in [-0.1, -0.05) is 23.7 Å². The summed E-state index contributed by atoms with van der Waals surface area (Å²) in [4.78, 5) is 16.6. The van der Waals surface area contributed by atoms with Gasteiger partial charge in [0.15, 0.2) is 10.8 Å². The third-order valence-corrected chi connectivity index (χ3v) is 4.69. The quantitative estimate of drug-likeness (QED) is 0.592. The molecule has 28 heavy (non-hydrogen) atoms. The second-order valence-electron chi connectivity index (χ2n) is 7.75. The van der Waals surface area contributed by atoms with Crippen LogP contribution >= 0.6 is 11.6 Å². The number of hydrogen-bond donors (Lipinski definition) is 3. The Morgan fingerprint density at radius 3 is 2.68 bits per heavy atom. The number of halogens is 1. The van der Waals surface area contributed by atoms with Gasteiger partial charge >= 0.3 is 0 Å². The van der Waals surface area contributed by atoms with Gasteiger partial charge in [-0.25, -0.2) is 9.50 Å². The standard InChI is InChI=1S/C20H22ClN5O2/c1-20(2,28)11-23-15-9-17(21)25-26-16(10-22-18(15)26)12-3-5-13(6-4-12)19(27)24-14-7-8-14/h3-6,9-10,14,23,28H,7-8,11H2,1-2H3,(H,24,27). The summed E-state index contributed by atoms with van der Waals surface area (Å²) in [6, 6.07) is 9.35. The van der Waals surface area contributed by atoms with Gasteiger partial charge in [-0.15, -0.1) is 0 Å². The van der Waals surface area contributed by atoms with E-state index in [0.717, 1.165) is 24.1 Å². The minimum Gasteiger partial charge on any atom is -0.389 e. The lowest BCUT2D eigenvalue weighted by atomic mass is 10.1. The molecule has 1 saturated carbocycles. The van der Waals surface area contributed by atoms with Crippen molar-refractivity contribution in [1.82, 2.24) is 19.9 Å². The first-order valence-electron chi connectivity index (χ1n) is 9.22. The van der Waals surface area contributed by atoms with Gasteiger partial charge in [0.25, 0.3) is 5.91 Å². The lowest BCUT2D eigenvalue weighted by molar-refractivity contribution is 0.0940. The maximum Gasteiger partial charge on any atom is 0.251 e. The van der Waals surface area contributed by atoms with E-state index in [9.17, 15) is 9.90 Å². The molecular weight excluding hydrogens is 378 g/mol. The predicted octanol–water partition coefficient (Wildman–Crippen LogP) is 3.12. The van der Waals surface area contributed by atoms with Crippen molar-refractivity contribution in [1.29, 1.82) is 0 Å². The molecule has 0 atom stereocenters. The highest BCUT2D eigenvalue weighted by molar-refractivity contribution is 6.29. The van der Waals surface area contributed by atoms with E-state index in [4.69, 9.17) is 11.6 Å². The number of aliphatic hydroxyl groups is 1. The van der Waals surface area contributed by atoms with E-state index < -0.39 is 5.60 Å². The number of amides is 1. The molecule has 0 unspecified atom stereocenters. The van der Waals surface area contributed by atoms with E-state index in [1.54, 1.807) is 42.8 Å². The van der Waals surface area contributed by atoms with Crippen molar-refractivity contribution in [2.24, 2.45) is 0 Å². The van der Waals surface area contributed by atoms with E-state index in [1.165, 1.54) is 0 Å². The molecule has 3 N–H and O–H groups in total. The first-order valence-corrected chi connectivity index (χ1v) is 9.60. The molecule has 1 aliphatic carbocycles. The van der Waals surface area contributed by atoms with Crippen LogP contribution in [-0.2, 0) is 0 Å². The number of aromatic nitrogens is 3. The molecular formula is C20H22ClN5O2. The molecule has 7 nitrogen and oxygen atoms in total. The molecule has 146 valence electrons. The second kappa shape index (κ2) is 7.07. The SMILES string of the molecule is CC(C)(O)CNc1cc(Cl)nn2c(-c3ccc(C(=O)NC4CC4)cc3)cnc12. The van der Waals surface area contributed by atoms with Crippen LogP contribution in [0.15, 0.2) is 36.5 Å². The second-order valence-corrected chi connectivity index (χ2v) is 8.14. The number of benzene rings is 1. The predicted molar refractivity (Wildman–Crippen MR) is 109 cm³/mol. The fourth-order valence-electron chi connectivity index (χ4n) is 2.87. The molecule has 0 aliphatic heterocycles. The smallest absolute Gasteiger partial charge is 0.251 e. The number of fused-ring (bicyclic) bond motifs is 1. The van der Waals surface area contributed by atoms with Crippen LogP contribution in [0, 0.1) is 0 Å². The zero-order chi connectivity index (χ0) is 19.9. The van der Waals surface area contributed by atoms with Gasteiger partial charge in [0, 0.05) is 29.8 Å². The van der Waals surface area contributed by atoms with Crippen molar-refractivity contribution in [3.8, 4) is 11.3 Å². The number of nitrogens with zero attached hydrogens (tertiary/aromatic N) is 3. The normalized spacial score (nSPS) is 14.3. The topological polar surface area (TPSA) is 91.5 Å². The number of rotatable bonds is 6. The molecule has 1 aromatic carbocycles. The molecule has 2 aromatic heterocycles. The summed E-state index contributed by atoms with van der Waals surface area (Å²) in [5, 5.41) is 20.8. The Bertz CT molecular complexity index is 1020. The molecule has 2 heterocycles. The molecule has 3 aromatic rings. The highest BCUT2D eigenvalue weighted by atomic mass is 35.5. The molecule has 1 aliphatic rings. The van der Waals surface area contributed by atoms with Crippen molar-refractivity contribution in [3.05, 3.63) is 47.2 Å². The van der Waals surface area contributed by atoms with Crippen LogP contribution in [0.3, 0.4) is 0 Å². The Hall–Kier alpha value is -2.64. The average molecular weight is 400 g/mol. The summed E-state index contributed by atoms with van der Waals surface area (Å²) in [6.07, 6.45) is 3.83. The number of carbonyl (C=O) groups excluding carboxylic acids is 1. The van der Waals surface area contributed by atoms with E-state index >= 15 is 0 Å². The Balaban J connectivity index is 1.63. The summed E-state index contributed by atoms with van der Waals surface area (Å²) in [5.74, 6) is -0.0496. The fraction of sp³-hybridized carbons (Fsp3) is 0.350. The lowest BCUT2D eigenvalue weighted by Gasteiger charge is -2.18. The number of carbonyl (C=O) groups is 1. The van der Waals surface area contributed by atoms with Gasteiger partial charge in [0.2, 0.25) is 0 Å². The summed E-state index contributed by atoms with van der Waals surface area (Å²) < 4.78 is 1.66. The van der Waals surface area contributed by atoms with Crippen molar-refractivity contribution in [3.63, 3.8) is 0 Å². The summed E-state index contributed by atoms with van der Waals surface area (Å²) >= 11 is 6.20. The van der Waals surface area contributed by atoms with Crippen LogP contribution in [0.2, 0.25) is 5.15 Å². The maximum atomic E-state index is 12.2. The van der Waals surface area contributed by atoms with Crippen molar-refractivity contribution < 1.29 is 9.90 Å². The molecule has 1 amide bonds. The van der Waals surface area contributed by atoms with Crippen molar-refractivity contribution in [2.75, 3.05) is 11.9 Å². The highest BCUT2D eigenvalue weighted by Crippen LogP contribution is 2.27. The molecule has 0 radical (unpaired) electrons. The first-order chi connectivity index (χ1) is 13.3. The van der Waals surface area contributed by atoms with Crippen molar-refractivity contribution in [2.45, 2.75) is 38.3 Å². The molecule has 1 fully saturated rings. The summed E-state index contributed by atoms with van der Waals surface area (Å²) in [7, 11) is 0. The monoisotopic (exact) mass is 399 g/mol. The third-order valence-electron chi connectivity index (χ3n) is 4.50. The average Bonchev–Trinajstić information content (AvgIpc) is 3.35. The van der Waals surface area contributed by atoms with E-state index in [0.29, 0.717) is 34.6 Å². The number of imidazole rings is 1. The number of anilines is 1. The van der Waals surface area contributed by atoms with Gasteiger partial charge in [0.05, 0.1) is 23.2 Å². The highest BCUT2D eigenvalue weighted by Gasteiger charge is 2.23. The van der Waals surface area contributed by atoms with Gasteiger partial charge in [0.1, 0.15) is 0 Å². The molecule has 0 spiro atoms. The summed E-state index contributed by atoms with van der Waals surface area (Å²) in [5.41, 5.74) is 2.69. The summed E-state index contributed by atoms with van der Waals surface area (Å²) in [6.45, 7) is 3.78. The Labute approximate surface area is 167 Å². The molecule has 0 saturated heterocycles. The van der Waals surface area contributed by atoms with Gasteiger partial charge < -0.3 is 15.7 Å². The largest absolute Gasteiger partial charge is 0.389 e. The number of hydrogen-bond acceptors (Lipinski definition) is 5. The zero-order valence-corrected chi connectivity index (χ0v) is 16.5. The Morgan fingerprint density at radius 2 is 2.04 bits per heavy atom. The van der Waals surface area contributed by atoms with E-state index in [1.807, 2.05) is 12.1 Å². The van der Waals surface area contributed by atoms with Crippen LogP contribution < -0.4 is 10.6 Å². The number of nitrogens with one attached hydrogen (secondary N) is 2. The fourth-order valence-corrected chi connectivity index (χ4v) is 3.05. The molecule has 0 bridgehead atoms. The zero-order valence-electron chi connectivity index (χ0n) is 15.7. The minimum atomic E-state index is -0.876.